The highest BCUT2D eigenvalue weighted by atomic mass is 32.1. The van der Waals surface area contributed by atoms with E-state index in [1.54, 1.807) is 48.5 Å². The van der Waals surface area contributed by atoms with E-state index in [1.165, 1.54) is 24.3 Å². The Bertz CT molecular complexity index is 1150. The zero-order chi connectivity index (χ0) is 23.4. The maximum absolute atomic E-state index is 16.4. The monoisotopic (exact) mass is 477 g/mol. The topological polar surface area (TPSA) is 81.7 Å². The van der Waals surface area contributed by atoms with Gasteiger partial charge in [-0.1, -0.05) is 31.2 Å². The molecule has 0 aliphatic rings. The van der Waals surface area contributed by atoms with E-state index in [0.717, 1.165) is 17.9 Å². The van der Waals surface area contributed by atoms with E-state index in [4.69, 9.17) is 9.26 Å². The lowest BCUT2D eigenvalue weighted by molar-refractivity contribution is -0.145. The van der Waals surface area contributed by atoms with E-state index < -0.39 is 24.9 Å². The van der Waals surface area contributed by atoms with Crippen molar-refractivity contribution in [3.8, 4) is 5.75 Å². The predicted molar refractivity (Wildman–Crippen MR) is 124 cm³/mol. The number of hydrogen-bond acceptors (Lipinski definition) is 6. The van der Waals surface area contributed by atoms with Crippen molar-refractivity contribution in [2.24, 2.45) is 0 Å². The Morgan fingerprint density at radius 2 is 1.97 bits per heavy atom. The Morgan fingerprint density at radius 3 is 2.62 bits per heavy atom. The number of alkyl halides is 1. The van der Waals surface area contributed by atoms with E-state index in [-0.39, 0.29) is 17.9 Å². The SMILES string of the molecule is CCCOC(=O)C(C)NP(=O)(Oc1ccccc1)C(C)(F)c1ccc2sc(C=O)cc2c1. The molecule has 1 N–H and O–H groups in total. The van der Waals surface area contributed by atoms with Gasteiger partial charge in [0, 0.05) is 10.3 Å². The molecular formula is C23H25FNO5PS. The summed E-state index contributed by atoms with van der Waals surface area (Å²) in [6, 6.07) is 13.5. The van der Waals surface area contributed by atoms with Crippen LogP contribution in [0.4, 0.5) is 4.39 Å². The number of thiophene rings is 1. The number of rotatable bonds is 10. The minimum atomic E-state index is -4.37. The summed E-state index contributed by atoms with van der Waals surface area (Å²) in [7, 11) is -4.37. The van der Waals surface area contributed by atoms with Crippen molar-refractivity contribution in [1.82, 2.24) is 5.09 Å². The molecule has 1 heterocycles. The van der Waals surface area contributed by atoms with Gasteiger partial charge in [-0.15, -0.1) is 11.3 Å². The average molecular weight is 477 g/mol. The van der Waals surface area contributed by atoms with Crippen LogP contribution in [0.5, 0.6) is 5.75 Å². The lowest BCUT2D eigenvalue weighted by Gasteiger charge is -2.33. The molecule has 170 valence electrons. The Balaban J connectivity index is 2.01. The molecule has 2 aromatic carbocycles. The average Bonchev–Trinajstić information content (AvgIpc) is 3.20. The zero-order valence-corrected chi connectivity index (χ0v) is 19.8. The second-order valence-electron chi connectivity index (χ2n) is 7.45. The van der Waals surface area contributed by atoms with Crippen LogP contribution in [-0.4, -0.2) is 24.9 Å². The molecule has 0 aliphatic heterocycles. The summed E-state index contributed by atoms with van der Waals surface area (Å²) >= 11 is 1.28. The first kappa shape index (κ1) is 24.1. The van der Waals surface area contributed by atoms with Crippen molar-refractivity contribution < 1.29 is 27.8 Å². The molecule has 0 saturated heterocycles. The fourth-order valence-electron chi connectivity index (χ4n) is 3.07. The highest BCUT2D eigenvalue weighted by molar-refractivity contribution is 7.58. The van der Waals surface area contributed by atoms with Crippen LogP contribution >= 0.6 is 18.9 Å². The van der Waals surface area contributed by atoms with Gasteiger partial charge in [-0.2, -0.15) is 0 Å². The number of halogens is 1. The smallest absolute Gasteiger partial charge is 0.358 e. The molecule has 0 bridgehead atoms. The number of ether oxygens (including phenoxy) is 1. The summed E-state index contributed by atoms with van der Waals surface area (Å²) in [4.78, 5) is 23.9. The fourth-order valence-corrected chi connectivity index (χ4v) is 5.91. The quantitative estimate of drug-likeness (QED) is 0.217. The molecule has 3 unspecified atom stereocenters. The van der Waals surface area contributed by atoms with Crippen LogP contribution in [0.1, 0.15) is 42.4 Å². The summed E-state index contributed by atoms with van der Waals surface area (Å²) in [5.41, 5.74) is 0.0983. The largest absolute Gasteiger partial charge is 0.465 e. The highest BCUT2D eigenvalue weighted by Crippen LogP contribution is 2.62. The summed E-state index contributed by atoms with van der Waals surface area (Å²) in [5, 5.41) is 0.736. The number of carbonyl (C=O) groups excluding carboxylic acids is 2. The van der Waals surface area contributed by atoms with Crippen molar-refractivity contribution in [1.29, 1.82) is 0 Å². The van der Waals surface area contributed by atoms with E-state index >= 15 is 4.39 Å². The van der Waals surface area contributed by atoms with Gasteiger partial charge >= 0.3 is 13.5 Å². The lowest BCUT2D eigenvalue weighted by atomic mass is 10.1. The predicted octanol–water partition coefficient (Wildman–Crippen LogP) is 6.06. The van der Waals surface area contributed by atoms with Gasteiger partial charge < -0.3 is 9.26 Å². The van der Waals surface area contributed by atoms with Gasteiger partial charge in [-0.3, -0.25) is 14.2 Å². The first-order valence-electron chi connectivity index (χ1n) is 10.2. The van der Waals surface area contributed by atoms with E-state index in [2.05, 4.69) is 5.09 Å². The number of esters is 1. The maximum Gasteiger partial charge on any atom is 0.358 e. The van der Waals surface area contributed by atoms with Crippen molar-refractivity contribution in [3.63, 3.8) is 0 Å². The van der Waals surface area contributed by atoms with E-state index in [0.29, 0.717) is 16.7 Å². The van der Waals surface area contributed by atoms with Crippen molar-refractivity contribution in [3.05, 3.63) is 65.0 Å². The third-order valence-electron chi connectivity index (χ3n) is 4.87. The number of nitrogens with one attached hydrogen (secondary N) is 1. The van der Waals surface area contributed by atoms with Crippen LogP contribution in [0.2, 0.25) is 0 Å². The molecule has 0 fully saturated rings. The van der Waals surface area contributed by atoms with Crippen LogP contribution in [-0.2, 0) is 19.5 Å². The molecule has 1 aromatic heterocycles. The molecule has 3 atom stereocenters. The molecule has 9 heteroatoms. The summed E-state index contributed by atoms with van der Waals surface area (Å²) in [6.45, 7) is 4.66. The second-order valence-corrected chi connectivity index (χ2v) is 10.9. The third kappa shape index (κ3) is 5.09. The normalized spacial score (nSPS) is 16.0. The molecule has 0 aliphatic carbocycles. The number of benzene rings is 2. The van der Waals surface area contributed by atoms with Crippen LogP contribution in [0.25, 0.3) is 10.1 Å². The molecule has 0 amide bonds. The summed E-state index contributed by atoms with van der Waals surface area (Å²) < 4.78 is 42.0. The van der Waals surface area contributed by atoms with E-state index in [9.17, 15) is 14.2 Å². The molecule has 3 aromatic rings. The molecule has 32 heavy (non-hydrogen) atoms. The first-order valence-corrected chi connectivity index (χ1v) is 12.6. The number of carbonyl (C=O) groups is 2. The maximum atomic E-state index is 16.4. The number of para-hydroxylation sites is 1. The Morgan fingerprint density at radius 1 is 1.25 bits per heavy atom. The minimum absolute atomic E-state index is 0.0983. The van der Waals surface area contributed by atoms with Gasteiger partial charge in [0.05, 0.1) is 11.5 Å². The number of aldehydes is 1. The van der Waals surface area contributed by atoms with Gasteiger partial charge in [-0.25, -0.2) is 9.48 Å². The van der Waals surface area contributed by atoms with Crippen LogP contribution < -0.4 is 9.61 Å². The van der Waals surface area contributed by atoms with Gasteiger partial charge in [0.2, 0.25) is 5.41 Å². The van der Waals surface area contributed by atoms with Crippen molar-refractivity contribution >= 4 is 41.2 Å². The molecule has 0 saturated carbocycles. The first-order chi connectivity index (χ1) is 15.2. The lowest BCUT2D eigenvalue weighted by Crippen LogP contribution is -2.39. The molecular weight excluding hydrogens is 452 g/mol. The minimum Gasteiger partial charge on any atom is -0.465 e. The molecule has 3 rings (SSSR count). The Hall–Kier alpha value is -2.54. The van der Waals surface area contributed by atoms with Gasteiger partial charge in [0.25, 0.3) is 0 Å². The summed E-state index contributed by atoms with van der Waals surface area (Å²) in [5.74, 6) is -0.454. The molecule has 6 nitrogen and oxygen atoms in total. The summed E-state index contributed by atoms with van der Waals surface area (Å²) in [6.07, 6.45) is 1.36. The third-order valence-corrected chi connectivity index (χ3v) is 8.47. The number of fused-ring (bicyclic) bond motifs is 1. The highest BCUT2D eigenvalue weighted by Gasteiger charge is 2.51. The fraction of sp³-hybridized carbons (Fsp3) is 0.304. The van der Waals surface area contributed by atoms with Gasteiger partial charge in [-0.05, 0) is 56.0 Å². The Kier molecular flexibility index (Phi) is 7.49. The number of hydrogen-bond donors (Lipinski definition) is 1. The van der Waals surface area contributed by atoms with E-state index in [1.807, 2.05) is 6.92 Å². The standard InChI is InChI=1S/C23H25FNO5PS/c1-4-12-29-22(27)16(2)25-31(28,30-19-8-6-5-7-9-19)23(3,24)18-10-11-21-17(13-18)14-20(15-26)32-21/h5-11,13-16H,4,12H2,1-3H3,(H,25,28). The molecule has 0 spiro atoms. The molecule has 0 radical (unpaired) electrons. The second kappa shape index (κ2) is 9.94. The van der Waals surface area contributed by atoms with Crippen LogP contribution in [0, 0.1) is 0 Å². The van der Waals surface area contributed by atoms with Gasteiger partial charge in [0.1, 0.15) is 11.8 Å². The Labute approximate surface area is 190 Å². The van der Waals surface area contributed by atoms with Crippen molar-refractivity contribution in [2.45, 2.75) is 38.6 Å². The van der Waals surface area contributed by atoms with Crippen LogP contribution in [0.3, 0.4) is 0 Å². The van der Waals surface area contributed by atoms with Crippen LogP contribution in [0.15, 0.2) is 54.6 Å². The zero-order valence-electron chi connectivity index (χ0n) is 18.0. The van der Waals surface area contributed by atoms with Gasteiger partial charge in [0.15, 0.2) is 6.29 Å². The van der Waals surface area contributed by atoms with Crippen molar-refractivity contribution in [2.75, 3.05) is 6.61 Å².